The van der Waals surface area contributed by atoms with Gasteiger partial charge in [0, 0.05) is 25.1 Å². The summed E-state index contributed by atoms with van der Waals surface area (Å²) < 4.78 is 0. The predicted molar refractivity (Wildman–Crippen MR) is 80.3 cm³/mol. The molecule has 0 saturated carbocycles. The van der Waals surface area contributed by atoms with Crippen LogP contribution in [0.1, 0.15) is 48.5 Å². The zero-order valence-corrected chi connectivity index (χ0v) is 12.2. The Balaban J connectivity index is 2.95. The summed E-state index contributed by atoms with van der Waals surface area (Å²) >= 11 is 0. The van der Waals surface area contributed by atoms with Gasteiger partial charge in [0.1, 0.15) is 0 Å². The Hall–Kier alpha value is -1.86. The van der Waals surface area contributed by atoms with E-state index in [0.717, 1.165) is 12.0 Å². The van der Waals surface area contributed by atoms with Crippen molar-refractivity contribution in [3.63, 3.8) is 0 Å². The van der Waals surface area contributed by atoms with Crippen LogP contribution < -0.4 is 11.1 Å². The third-order valence-corrected chi connectivity index (χ3v) is 3.65. The summed E-state index contributed by atoms with van der Waals surface area (Å²) in [5.74, 6) is 0.474. The molecule has 0 bridgehead atoms. The molecule has 0 aromatic heterocycles. The van der Waals surface area contributed by atoms with Crippen LogP contribution in [0.15, 0.2) is 24.3 Å². The molecule has 0 aliphatic rings. The topological polar surface area (TPSA) is 78.9 Å². The number of amides is 1. The average Bonchev–Trinajstić information content (AvgIpc) is 2.49. The molecule has 2 atom stereocenters. The minimum atomic E-state index is -0.114. The lowest BCUT2D eigenvalue weighted by atomic mass is 9.83. The monoisotopic (exact) mass is 273 g/mol. The zero-order chi connectivity index (χ0) is 15.0. The van der Waals surface area contributed by atoms with Crippen molar-refractivity contribution in [2.75, 3.05) is 13.1 Å². The fourth-order valence-electron chi connectivity index (χ4n) is 2.23. The standard InChI is InChI=1S/C16H23N3O/c1-3-12(2)15(7-8-17)13-5-4-6-14(11-13)16(20)19-10-9-18/h4-6,11-12,15H,3,7,9-10,18H2,1-2H3,(H,19,20). The number of nitriles is 1. The van der Waals surface area contributed by atoms with Crippen molar-refractivity contribution in [2.24, 2.45) is 11.7 Å². The van der Waals surface area contributed by atoms with Gasteiger partial charge < -0.3 is 11.1 Å². The molecule has 2 unspecified atom stereocenters. The molecule has 0 aliphatic carbocycles. The number of benzene rings is 1. The number of nitrogens with two attached hydrogens (primary N) is 1. The third kappa shape index (κ3) is 4.36. The summed E-state index contributed by atoms with van der Waals surface area (Å²) in [6.07, 6.45) is 1.48. The molecule has 108 valence electrons. The van der Waals surface area contributed by atoms with Crippen molar-refractivity contribution in [3.05, 3.63) is 35.4 Å². The Bertz CT molecular complexity index is 479. The van der Waals surface area contributed by atoms with Gasteiger partial charge in [-0.05, 0) is 29.5 Å². The molecule has 0 heterocycles. The number of hydrogen-bond acceptors (Lipinski definition) is 3. The lowest BCUT2D eigenvalue weighted by Crippen LogP contribution is -2.29. The Morgan fingerprint density at radius 2 is 2.25 bits per heavy atom. The molecule has 0 radical (unpaired) electrons. The van der Waals surface area contributed by atoms with Crippen molar-refractivity contribution < 1.29 is 4.79 Å². The second-order valence-electron chi connectivity index (χ2n) is 5.02. The number of nitrogens with one attached hydrogen (secondary N) is 1. The molecule has 0 aliphatic heterocycles. The van der Waals surface area contributed by atoms with Gasteiger partial charge >= 0.3 is 0 Å². The summed E-state index contributed by atoms with van der Waals surface area (Å²) in [5.41, 5.74) is 7.06. The van der Waals surface area contributed by atoms with E-state index >= 15 is 0 Å². The first kappa shape index (κ1) is 16.2. The van der Waals surface area contributed by atoms with Crippen molar-refractivity contribution in [3.8, 4) is 6.07 Å². The smallest absolute Gasteiger partial charge is 0.251 e. The summed E-state index contributed by atoms with van der Waals surface area (Å²) in [6.45, 7) is 5.15. The van der Waals surface area contributed by atoms with Gasteiger partial charge in [0.2, 0.25) is 0 Å². The SMILES string of the molecule is CCC(C)C(CC#N)c1cccc(C(=O)NCCN)c1. The minimum Gasteiger partial charge on any atom is -0.351 e. The van der Waals surface area contributed by atoms with Gasteiger partial charge in [0.25, 0.3) is 5.91 Å². The average molecular weight is 273 g/mol. The van der Waals surface area contributed by atoms with E-state index in [1.807, 2.05) is 18.2 Å². The molecule has 4 heteroatoms. The third-order valence-electron chi connectivity index (χ3n) is 3.65. The van der Waals surface area contributed by atoms with Gasteiger partial charge in [-0.2, -0.15) is 5.26 Å². The van der Waals surface area contributed by atoms with Crippen LogP contribution in [0.4, 0.5) is 0 Å². The van der Waals surface area contributed by atoms with Crippen LogP contribution in [0.3, 0.4) is 0 Å². The largest absolute Gasteiger partial charge is 0.351 e. The van der Waals surface area contributed by atoms with Crippen molar-refractivity contribution >= 4 is 5.91 Å². The minimum absolute atomic E-state index is 0.114. The summed E-state index contributed by atoms with van der Waals surface area (Å²) in [4.78, 5) is 11.9. The van der Waals surface area contributed by atoms with Crippen LogP contribution in [-0.4, -0.2) is 19.0 Å². The Morgan fingerprint density at radius 3 is 2.85 bits per heavy atom. The molecule has 0 spiro atoms. The number of nitrogens with zero attached hydrogens (tertiary/aromatic N) is 1. The Morgan fingerprint density at radius 1 is 1.50 bits per heavy atom. The quantitative estimate of drug-likeness (QED) is 0.800. The molecular weight excluding hydrogens is 250 g/mol. The molecule has 1 rings (SSSR count). The molecule has 0 saturated heterocycles. The number of rotatable bonds is 7. The normalized spacial score (nSPS) is 13.3. The van der Waals surface area contributed by atoms with Crippen LogP contribution in [0.25, 0.3) is 0 Å². The first-order valence-electron chi connectivity index (χ1n) is 7.09. The van der Waals surface area contributed by atoms with Crippen LogP contribution in [0.2, 0.25) is 0 Å². The van der Waals surface area contributed by atoms with Crippen molar-refractivity contribution in [1.29, 1.82) is 5.26 Å². The highest BCUT2D eigenvalue weighted by molar-refractivity contribution is 5.94. The van der Waals surface area contributed by atoms with Gasteiger partial charge in [-0.1, -0.05) is 32.4 Å². The predicted octanol–water partition coefficient (Wildman–Crippen LogP) is 2.42. The highest BCUT2D eigenvalue weighted by Crippen LogP contribution is 2.30. The molecule has 1 amide bonds. The molecule has 20 heavy (non-hydrogen) atoms. The highest BCUT2D eigenvalue weighted by Gasteiger charge is 2.19. The van der Waals surface area contributed by atoms with Gasteiger partial charge in [-0.3, -0.25) is 4.79 Å². The fraction of sp³-hybridized carbons (Fsp3) is 0.500. The van der Waals surface area contributed by atoms with E-state index in [-0.39, 0.29) is 11.8 Å². The molecule has 1 aromatic carbocycles. The maximum atomic E-state index is 11.9. The zero-order valence-electron chi connectivity index (χ0n) is 12.2. The first-order chi connectivity index (χ1) is 9.63. The molecule has 4 nitrogen and oxygen atoms in total. The molecular formula is C16H23N3O. The second-order valence-corrected chi connectivity index (χ2v) is 5.02. The van der Waals surface area contributed by atoms with Gasteiger partial charge in [-0.15, -0.1) is 0 Å². The molecule has 1 aromatic rings. The molecule has 3 N–H and O–H groups in total. The lowest BCUT2D eigenvalue weighted by molar-refractivity contribution is 0.0954. The maximum absolute atomic E-state index is 11.9. The maximum Gasteiger partial charge on any atom is 0.251 e. The lowest BCUT2D eigenvalue weighted by Gasteiger charge is -2.21. The van der Waals surface area contributed by atoms with E-state index in [1.54, 1.807) is 6.07 Å². The van der Waals surface area contributed by atoms with Gasteiger partial charge in [0.05, 0.1) is 6.07 Å². The fourth-order valence-corrected chi connectivity index (χ4v) is 2.23. The van der Waals surface area contributed by atoms with Gasteiger partial charge in [0.15, 0.2) is 0 Å². The van der Waals surface area contributed by atoms with Crippen molar-refractivity contribution in [2.45, 2.75) is 32.6 Å². The summed E-state index contributed by atoms with van der Waals surface area (Å²) in [5, 5.41) is 11.8. The number of carbonyl (C=O) groups is 1. The Labute approximate surface area is 121 Å². The Kier molecular flexibility index (Phi) is 6.75. The molecule has 0 fully saturated rings. The first-order valence-corrected chi connectivity index (χ1v) is 7.09. The van der Waals surface area contributed by atoms with E-state index in [1.165, 1.54) is 0 Å². The number of carbonyl (C=O) groups excluding carboxylic acids is 1. The van der Waals surface area contributed by atoms with E-state index in [0.29, 0.717) is 31.0 Å². The second kappa shape index (κ2) is 8.34. The van der Waals surface area contributed by atoms with Gasteiger partial charge in [-0.25, -0.2) is 0 Å². The van der Waals surface area contributed by atoms with Crippen LogP contribution >= 0.6 is 0 Å². The van der Waals surface area contributed by atoms with E-state index in [9.17, 15) is 4.79 Å². The summed E-state index contributed by atoms with van der Waals surface area (Å²) in [7, 11) is 0. The van der Waals surface area contributed by atoms with Crippen molar-refractivity contribution in [1.82, 2.24) is 5.32 Å². The van der Waals surface area contributed by atoms with Crippen LogP contribution in [0, 0.1) is 17.2 Å². The summed E-state index contributed by atoms with van der Waals surface area (Å²) in [6, 6.07) is 9.79. The number of hydrogen-bond donors (Lipinski definition) is 2. The van der Waals surface area contributed by atoms with E-state index in [2.05, 4.69) is 25.2 Å². The highest BCUT2D eigenvalue weighted by atomic mass is 16.1. The van der Waals surface area contributed by atoms with Crippen LogP contribution in [-0.2, 0) is 0 Å². The van der Waals surface area contributed by atoms with E-state index < -0.39 is 0 Å². The van der Waals surface area contributed by atoms with E-state index in [4.69, 9.17) is 11.0 Å². The van der Waals surface area contributed by atoms with Crippen LogP contribution in [0.5, 0.6) is 0 Å².